The van der Waals surface area contributed by atoms with Crippen molar-refractivity contribution in [1.29, 1.82) is 0 Å². The van der Waals surface area contributed by atoms with Crippen molar-refractivity contribution < 1.29 is 14.7 Å². The average molecular weight is 216 g/mol. The molecule has 0 heterocycles. The molecule has 5 nitrogen and oxygen atoms in total. The van der Waals surface area contributed by atoms with Crippen molar-refractivity contribution in [2.75, 3.05) is 0 Å². The smallest absolute Gasteiger partial charge is 0.326 e. The number of carboxylic acids is 1. The van der Waals surface area contributed by atoms with Crippen LogP contribution in [-0.2, 0) is 9.59 Å². The number of hydrogen-bond donors (Lipinski definition) is 3. The zero-order valence-electron chi connectivity index (χ0n) is 9.70. The molecule has 0 aliphatic heterocycles. The molecule has 0 radical (unpaired) electrons. The first-order valence-corrected chi connectivity index (χ1v) is 4.99. The van der Waals surface area contributed by atoms with E-state index in [1.54, 1.807) is 27.7 Å². The van der Waals surface area contributed by atoms with E-state index in [1.165, 1.54) is 0 Å². The summed E-state index contributed by atoms with van der Waals surface area (Å²) in [6, 6.07) is -1.56. The second kappa shape index (κ2) is 5.11. The topological polar surface area (TPSA) is 92.4 Å². The minimum absolute atomic E-state index is 0.417. The van der Waals surface area contributed by atoms with Crippen molar-refractivity contribution in [3.8, 4) is 0 Å². The van der Waals surface area contributed by atoms with Gasteiger partial charge in [0.2, 0.25) is 5.91 Å². The Morgan fingerprint density at radius 2 is 1.87 bits per heavy atom. The second-order valence-electron chi connectivity index (χ2n) is 4.66. The Morgan fingerprint density at radius 3 is 2.13 bits per heavy atom. The van der Waals surface area contributed by atoms with E-state index in [-0.39, 0.29) is 0 Å². The molecule has 1 amide bonds. The molecule has 88 valence electrons. The molecule has 1 unspecified atom stereocenters. The average Bonchev–Trinajstić information content (AvgIpc) is 2.09. The van der Waals surface area contributed by atoms with Gasteiger partial charge in [0.15, 0.2) is 0 Å². The maximum absolute atomic E-state index is 11.4. The van der Waals surface area contributed by atoms with E-state index in [4.69, 9.17) is 10.8 Å². The quantitative estimate of drug-likeness (QED) is 0.631. The van der Waals surface area contributed by atoms with E-state index in [1.807, 2.05) is 0 Å². The number of amides is 1. The summed E-state index contributed by atoms with van der Waals surface area (Å²) in [5.74, 6) is -1.46. The molecular weight excluding hydrogens is 196 g/mol. The lowest BCUT2D eigenvalue weighted by Crippen LogP contribution is -2.53. The van der Waals surface area contributed by atoms with Crippen LogP contribution in [0.2, 0.25) is 0 Å². The highest BCUT2D eigenvalue weighted by Gasteiger charge is 2.33. The van der Waals surface area contributed by atoms with Gasteiger partial charge >= 0.3 is 5.97 Å². The molecule has 0 saturated carbocycles. The normalized spacial score (nSPS) is 15.5. The van der Waals surface area contributed by atoms with E-state index in [9.17, 15) is 9.59 Å². The monoisotopic (exact) mass is 216 g/mol. The van der Waals surface area contributed by atoms with Crippen LogP contribution >= 0.6 is 0 Å². The number of nitrogens with one attached hydrogen (secondary N) is 1. The first-order chi connectivity index (χ1) is 6.70. The highest BCUT2D eigenvalue weighted by atomic mass is 16.4. The van der Waals surface area contributed by atoms with Crippen LogP contribution in [0.15, 0.2) is 0 Å². The van der Waals surface area contributed by atoms with Crippen LogP contribution in [0.25, 0.3) is 0 Å². The lowest BCUT2D eigenvalue weighted by Gasteiger charge is -2.28. The van der Waals surface area contributed by atoms with E-state index in [0.29, 0.717) is 6.42 Å². The molecule has 0 rings (SSSR count). The van der Waals surface area contributed by atoms with Gasteiger partial charge in [-0.1, -0.05) is 27.7 Å². The van der Waals surface area contributed by atoms with Crippen molar-refractivity contribution >= 4 is 11.9 Å². The maximum atomic E-state index is 11.4. The SMILES string of the molecule is CC[C@@H](N)C(=O)NC(C(=O)O)C(C)(C)C. The van der Waals surface area contributed by atoms with E-state index >= 15 is 0 Å². The summed E-state index contributed by atoms with van der Waals surface area (Å²) < 4.78 is 0. The molecular formula is C10H20N2O3. The van der Waals surface area contributed by atoms with Gasteiger partial charge in [0, 0.05) is 0 Å². The molecule has 5 heteroatoms. The lowest BCUT2D eigenvalue weighted by molar-refractivity contribution is -0.145. The van der Waals surface area contributed by atoms with Crippen LogP contribution in [-0.4, -0.2) is 29.1 Å². The Balaban J connectivity index is 4.58. The fraction of sp³-hybridized carbons (Fsp3) is 0.800. The van der Waals surface area contributed by atoms with Crippen LogP contribution in [0.4, 0.5) is 0 Å². The Morgan fingerprint density at radius 1 is 1.40 bits per heavy atom. The molecule has 0 spiro atoms. The van der Waals surface area contributed by atoms with Gasteiger partial charge in [-0.25, -0.2) is 4.79 Å². The Bertz CT molecular complexity index is 246. The highest BCUT2D eigenvalue weighted by Crippen LogP contribution is 2.19. The standard InChI is InChI=1S/C10H20N2O3/c1-5-6(11)8(13)12-7(9(14)15)10(2,3)4/h6-7H,5,11H2,1-4H3,(H,12,13)(H,14,15)/t6-,7?/m1/s1. The van der Waals surface area contributed by atoms with Gasteiger partial charge in [-0.2, -0.15) is 0 Å². The fourth-order valence-electron chi connectivity index (χ4n) is 1.08. The van der Waals surface area contributed by atoms with Crippen molar-refractivity contribution in [2.45, 2.75) is 46.2 Å². The van der Waals surface area contributed by atoms with Gasteiger partial charge < -0.3 is 16.2 Å². The third-order valence-corrected chi connectivity index (χ3v) is 2.18. The van der Waals surface area contributed by atoms with E-state index in [0.717, 1.165) is 0 Å². The number of carbonyl (C=O) groups excluding carboxylic acids is 1. The molecule has 0 aliphatic carbocycles. The van der Waals surface area contributed by atoms with Crippen LogP contribution in [0.3, 0.4) is 0 Å². The van der Waals surface area contributed by atoms with Gasteiger partial charge in [0.1, 0.15) is 6.04 Å². The van der Waals surface area contributed by atoms with Gasteiger partial charge in [-0.05, 0) is 11.8 Å². The first-order valence-electron chi connectivity index (χ1n) is 4.99. The number of nitrogens with two attached hydrogens (primary N) is 1. The summed E-state index contributed by atoms with van der Waals surface area (Å²) in [6.07, 6.45) is 0.488. The van der Waals surface area contributed by atoms with Crippen molar-refractivity contribution in [2.24, 2.45) is 11.1 Å². The van der Waals surface area contributed by atoms with Gasteiger partial charge in [0.25, 0.3) is 0 Å². The fourth-order valence-corrected chi connectivity index (χ4v) is 1.08. The summed E-state index contributed by atoms with van der Waals surface area (Å²) >= 11 is 0. The summed E-state index contributed by atoms with van der Waals surface area (Å²) in [5.41, 5.74) is 4.97. The van der Waals surface area contributed by atoms with Crippen LogP contribution in [0.5, 0.6) is 0 Å². The third kappa shape index (κ3) is 4.29. The third-order valence-electron chi connectivity index (χ3n) is 2.18. The lowest BCUT2D eigenvalue weighted by atomic mass is 9.86. The Labute approximate surface area is 90.0 Å². The Kier molecular flexibility index (Phi) is 4.74. The van der Waals surface area contributed by atoms with Gasteiger partial charge in [-0.3, -0.25) is 4.79 Å². The minimum atomic E-state index is -1.04. The molecule has 0 bridgehead atoms. The molecule has 0 aromatic rings. The van der Waals surface area contributed by atoms with Crippen LogP contribution in [0.1, 0.15) is 34.1 Å². The molecule has 0 aromatic heterocycles. The van der Waals surface area contributed by atoms with E-state index in [2.05, 4.69) is 5.32 Å². The predicted octanol–water partition coefficient (Wildman–Crippen LogP) is 0.339. The van der Waals surface area contributed by atoms with Crippen molar-refractivity contribution in [3.05, 3.63) is 0 Å². The molecule has 15 heavy (non-hydrogen) atoms. The number of hydrogen-bond acceptors (Lipinski definition) is 3. The predicted molar refractivity (Wildman–Crippen MR) is 57.3 cm³/mol. The molecule has 4 N–H and O–H groups in total. The van der Waals surface area contributed by atoms with Crippen molar-refractivity contribution in [1.82, 2.24) is 5.32 Å². The largest absolute Gasteiger partial charge is 0.480 e. The zero-order chi connectivity index (χ0) is 12.2. The molecule has 0 fully saturated rings. The van der Waals surface area contributed by atoms with Crippen molar-refractivity contribution in [3.63, 3.8) is 0 Å². The second-order valence-corrected chi connectivity index (χ2v) is 4.66. The van der Waals surface area contributed by atoms with Crippen LogP contribution < -0.4 is 11.1 Å². The highest BCUT2D eigenvalue weighted by molar-refractivity contribution is 5.87. The van der Waals surface area contributed by atoms with Gasteiger partial charge in [-0.15, -0.1) is 0 Å². The molecule has 0 saturated heterocycles. The molecule has 0 aromatic carbocycles. The van der Waals surface area contributed by atoms with Crippen LogP contribution in [0, 0.1) is 5.41 Å². The first kappa shape index (κ1) is 13.9. The molecule has 0 aliphatic rings. The minimum Gasteiger partial charge on any atom is -0.480 e. The van der Waals surface area contributed by atoms with Gasteiger partial charge in [0.05, 0.1) is 6.04 Å². The number of carbonyl (C=O) groups is 2. The summed E-state index contributed by atoms with van der Waals surface area (Å²) in [5, 5.41) is 11.4. The molecule has 2 atom stereocenters. The summed E-state index contributed by atoms with van der Waals surface area (Å²) in [4.78, 5) is 22.4. The zero-order valence-corrected chi connectivity index (χ0v) is 9.70. The number of rotatable bonds is 4. The Hall–Kier alpha value is -1.10. The number of aliphatic carboxylic acids is 1. The van der Waals surface area contributed by atoms with E-state index < -0.39 is 29.4 Å². The number of carboxylic acid groups (broad SMARTS) is 1. The maximum Gasteiger partial charge on any atom is 0.326 e. The summed E-state index contributed by atoms with van der Waals surface area (Å²) in [7, 11) is 0. The summed E-state index contributed by atoms with van der Waals surface area (Å²) in [6.45, 7) is 7.04.